The molecule has 0 aliphatic carbocycles. The van der Waals surface area contributed by atoms with E-state index < -0.39 is 0 Å². The van der Waals surface area contributed by atoms with Gasteiger partial charge in [0.2, 0.25) is 0 Å². The quantitative estimate of drug-likeness (QED) is 0.156. The van der Waals surface area contributed by atoms with Crippen LogP contribution in [0.15, 0.2) is 29.3 Å². The van der Waals surface area contributed by atoms with Crippen LogP contribution in [0.25, 0.3) is 0 Å². The molecule has 1 atom stereocenters. The molecule has 0 bridgehead atoms. The summed E-state index contributed by atoms with van der Waals surface area (Å²) in [6, 6.07) is 7.99. The van der Waals surface area contributed by atoms with Gasteiger partial charge in [-0.05, 0) is 58.5 Å². The highest BCUT2D eigenvalue weighted by atomic mass is 127. The molecule has 0 aliphatic rings. The van der Waals surface area contributed by atoms with Gasteiger partial charge in [0.15, 0.2) is 5.96 Å². The Bertz CT molecular complexity index is 556. The second-order valence-corrected chi connectivity index (χ2v) is 7.04. The van der Waals surface area contributed by atoms with Gasteiger partial charge in [-0.2, -0.15) is 0 Å². The molecule has 0 heterocycles. The van der Waals surface area contributed by atoms with Crippen LogP contribution in [0.3, 0.4) is 0 Å². The van der Waals surface area contributed by atoms with Crippen molar-refractivity contribution in [1.82, 2.24) is 15.5 Å². The molecule has 8 heteroatoms. The molecule has 1 rings (SSSR count). The van der Waals surface area contributed by atoms with Crippen LogP contribution in [0.5, 0.6) is 5.75 Å². The van der Waals surface area contributed by atoms with Crippen LogP contribution in [-0.4, -0.2) is 77.6 Å². The third-order valence-electron chi connectivity index (χ3n) is 4.34. The average molecular weight is 536 g/mol. The molecule has 0 aliphatic heterocycles. The van der Waals surface area contributed by atoms with E-state index in [2.05, 4.69) is 29.6 Å². The van der Waals surface area contributed by atoms with E-state index >= 15 is 0 Å². The Morgan fingerprint density at radius 2 is 1.83 bits per heavy atom. The minimum atomic E-state index is 0. The number of halogens is 1. The summed E-state index contributed by atoms with van der Waals surface area (Å²) in [5, 5.41) is 6.84. The second kappa shape index (κ2) is 18.7. The van der Waals surface area contributed by atoms with Crippen molar-refractivity contribution >= 4 is 29.9 Å². The number of hydrogen-bond donors (Lipinski definition) is 2. The molecule has 1 unspecified atom stereocenters. The molecule has 30 heavy (non-hydrogen) atoms. The Morgan fingerprint density at radius 3 is 2.43 bits per heavy atom. The number of nitrogens with one attached hydrogen (secondary N) is 2. The van der Waals surface area contributed by atoms with Crippen molar-refractivity contribution in [3.8, 4) is 5.75 Å². The number of aliphatic imine (C=N–C) groups is 1. The minimum absolute atomic E-state index is 0. The van der Waals surface area contributed by atoms with E-state index in [1.54, 1.807) is 7.11 Å². The Labute approximate surface area is 200 Å². The molecule has 1 aromatic rings. The van der Waals surface area contributed by atoms with Crippen molar-refractivity contribution < 1.29 is 14.2 Å². The summed E-state index contributed by atoms with van der Waals surface area (Å²) in [6.07, 6.45) is 2.06. The first-order valence-electron chi connectivity index (χ1n) is 10.6. The van der Waals surface area contributed by atoms with Gasteiger partial charge in [-0.25, -0.2) is 4.99 Å². The molecular weight excluding hydrogens is 495 g/mol. The molecule has 0 radical (unpaired) electrons. The van der Waals surface area contributed by atoms with Gasteiger partial charge in [0.05, 0.1) is 19.8 Å². The SMILES string of the molecule is CCOCCCNC(=NCc1ccc(OC)cc1)NCC(CCN(C)C)OCC.I. The highest BCUT2D eigenvalue weighted by Crippen LogP contribution is 2.11. The maximum Gasteiger partial charge on any atom is 0.191 e. The zero-order valence-corrected chi connectivity index (χ0v) is 21.6. The van der Waals surface area contributed by atoms with Crippen LogP contribution < -0.4 is 15.4 Å². The number of guanidine groups is 1. The third kappa shape index (κ3) is 14.0. The fourth-order valence-electron chi connectivity index (χ4n) is 2.69. The molecular formula is C22H41IN4O3. The maximum atomic E-state index is 5.88. The zero-order valence-electron chi connectivity index (χ0n) is 19.3. The van der Waals surface area contributed by atoms with Gasteiger partial charge in [0.1, 0.15) is 5.75 Å². The average Bonchev–Trinajstić information content (AvgIpc) is 2.73. The van der Waals surface area contributed by atoms with Crippen LogP contribution >= 0.6 is 24.0 Å². The van der Waals surface area contributed by atoms with Crippen LogP contribution in [0.2, 0.25) is 0 Å². The largest absolute Gasteiger partial charge is 0.497 e. The molecule has 0 amide bonds. The maximum absolute atomic E-state index is 5.88. The molecule has 0 spiro atoms. The monoisotopic (exact) mass is 536 g/mol. The van der Waals surface area contributed by atoms with Crippen molar-refractivity contribution in [2.45, 2.75) is 39.3 Å². The normalized spacial score (nSPS) is 12.4. The van der Waals surface area contributed by atoms with Crippen molar-refractivity contribution in [2.24, 2.45) is 4.99 Å². The van der Waals surface area contributed by atoms with Gasteiger partial charge in [-0.3, -0.25) is 0 Å². The molecule has 7 nitrogen and oxygen atoms in total. The lowest BCUT2D eigenvalue weighted by Gasteiger charge is -2.21. The second-order valence-electron chi connectivity index (χ2n) is 7.04. The van der Waals surface area contributed by atoms with Gasteiger partial charge in [-0.1, -0.05) is 12.1 Å². The van der Waals surface area contributed by atoms with Crippen molar-refractivity contribution in [2.75, 3.05) is 60.7 Å². The first kappa shape index (κ1) is 28.9. The molecule has 0 fully saturated rings. The molecule has 0 saturated heterocycles. The summed E-state index contributed by atoms with van der Waals surface area (Å²) < 4.78 is 16.5. The highest BCUT2D eigenvalue weighted by Gasteiger charge is 2.10. The summed E-state index contributed by atoms with van der Waals surface area (Å²) in [5.74, 6) is 1.65. The summed E-state index contributed by atoms with van der Waals surface area (Å²) in [7, 11) is 5.84. The predicted octanol–water partition coefficient (Wildman–Crippen LogP) is 3.13. The molecule has 174 valence electrons. The topological polar surface area (TPSA) is 67.3 Å². The van der Waals surface area contributed by atoms with Gasteiger partial charge >= 0.3 is 0 Å². The minimum Gasteiger partial charge on any atom is -0.497 e. The zero-order chi connectivity index (χ0) is 21.3. The van der Waals surface area contributed by atoms with E-state index in [-0.39, 0.29) is 30.1 Å². The summed E-state index contributed by atoms with van der Waals surface area (Å²) in [5.41, 5.74) is 1.13. The fourth-order valence-corrected chi connectivity index (χ4v) is 2.69. The molecule has 1 aromatic carbocycles. The predicted molar refractivity (Wildman–Crippen MR) is 135 cm³/mol. The number of hydrogen-bond acceptors (Lipinski definition) is 5. The molecule has 0 aromatic heterocycles. The number of ether oxygens (including phenoxy) is 3. The number of methoxy groups -OCH3 is 1. The summed E-state index contributed by atoms with van der Waals surface area (Å²) in [6.45, 7) is 9.38. The van der Waals surface area contributed by atoms with E-state index in [1.165, 1.54) is 0 Å². The first-order valence-corrected chi connectivity index (χ1v) is 10.6. The summed E-state index contributed by atoms with van der Waals surface area (Å²) in [4.78, 5) is 6.92. The fraction of sp³-hybridized carbons (Fsp3) is 0.682. The van der Waals surface area contributed by atoms with Gasteiger partial charge in [0, 0.05) is 39.5 Å². The first-order chi connectivity index (χ1) is 14.1. The van der Waals surface area contributed by atoms with Crippen LogP contribution in [-0.2, 0) is 16.0 Å². The Kier molecular flexibility index (Phi) is 18.0. The van der Waals surface area contributed by atoms with Crippen molar-refractivity contribution in [1.29, 1.82) is 0 Å². The van der Waals surface area contributed by atoms with Crippen LogP contribution in [0.1, 0.15) is 32.3 Å². The van der Waals surface area contributed by atoms with E-state index in [9.17, 15) is 0 Å². The van der Waals surface area contributed by atoms with E-state index in [4.69, 9.17) is 19.2 Å². The van der Waals surface area contributed by atoms with Crippen LogP contribution in [0, 0.1) is 0 Å². The van der Waals surface area contributed by atoms with E-state index in [0.29, 0.717) is 13.2 Å². The van der Waals surface area contributed by atoms with E-state index in [0.717, 1.165) is 63.0 Å². The van der Waals surface area contributed by atoms with Crippen molar-refractivity contribution in [3.05, 3.63) is 29.8 Å². The smallest absolute Gasteiger partial charge is 0.191 e. The third-order valence-corrected chi connectivity index (χ3v) is 4.34. The lowest BCUT2D eigenvalue weighted by atomic mass is 10.2. The van der Waals surface area contributed by atoms with E-state index in [1.807, 2.05) is 38.1 Å². The lowest BCUT2D eigenvalue weighted by molar-refractivity contribution is 0.0548. The number of benzene rings is 1. The van der Waals surface area contributed by atoms with Gasteiger partial charge in [0.25, 0.3) is 0 Å². The lowest BCUT2D eigenvalue weighted by Crippen LogP contribution is -2.43. The Hall–Kier alpha value is -1.10. The number of nitrogens with zero attached hydrogens (tertiary/aromatic N) is 2. The molecule has 2 N–H and O–H groups in total. The van der Waals surface area contributed by atoms with Crippen molar-refractivity contribution in [3.63, 3.8) is 0 Å². The van der Waals surface area contributed by atoms with Gasteiger partial charge in [-0.15, -0.1) is 24.0 Å². The van der Waals surface area contributed by atoms with Crippen LogP contribution in [0.4, 0.5) is 0 Å². The van der Waals surface area contributed by atoms with Gasteiger partial charge < -0.3 is 29.7 Å². The standard InChI is InChI=1S/C22H40N4O3.HI/c1-6-28-16-8-14-23-22(24-17-19-9-11-20(27-5)12-10-19)25-18-21(29-7-2)13-15-26(3)4;/h9-12,21H,6-8,13-18H2,1-5H3,(H2,23,24,25);1H. The molecule has 0 saturated carbocycles. The number of rotatable bonds is 15. The Balaban J connectivity index is 0.00000841. The summed E-state index contributed by atoms with van der Waals surface area (Å²) >= 11 is 0. The Morgan fingerprint density at radius 1 is 1.10 bits per heavy atom. The highest BCUT2D eigenvalue weighted by molar-refractivity contribution is 14.0.